The smallest absolute Gasteiger partial charge is 0.475 e. The average molecular weight is 520 g/mol. The van der Waals surface area contributed by atoms with Gasteiger partial charge in [0.05, 0.1) is 25.1 Å². The van der Waals surface area contributed by atoms with Crippen LogP contribution in [0.15, 0.2) is 36.5 Å². The van der Waals surface area contributed by atoms with E-state index in [0.717, 1.165) is 63.8 Å². The lowest BCUT2D eigenvalue weighted by molar-refractivity contribution is -0.192. The zero-order chi connectivity index (χ0) is 26.6. The van der Waals surface area contributed by atoms with E-state index in [4.69, 9.17) is 24.7 Å². The number of hydrogen-bond acceptors (Lipinski definition) is 6. The molecule has 1 atom stereocenters. The van der Waals surface area contributed by atoms with Gasteiger partial charge in [0.1, 0.15) is 0 Å². The van der Waals surface area contributed by atoms with E-state index < -0.39 is 12.1 Å². The second-order valence-electron chi connectivity index (χ2n) is 9.63. The van der Waals surface area contributed by atoms with Gasteiger partial charge in [-0.2, -0.15) is 18.3 Å². The van der Waals surface area contributed by atoms with Crippen molar-refractivity contribution < 1.29 is 27.8 Å². The highest BCUT2D eigenvalue weighted by Gasteiger charge is 2.38. The molecule has 1 N–H and O–H groups in total. The van der Waals surface area contributed by atoms with E-state index in [1.54, 1.807) is 0 Å². The van der Waals surface area contributed by atoms with Crippen molar-refractivity contribution in [3.63, 3.8) is 0 Å². The molecule has 0 amide bonds. The highest BCUT2D eigenvalue weighted by atomic mass is 19.4. The van der Waals surface area contributed by atoms with E-state index in [-0.39, 0.29) is 0 Å². The van der Waals surface area contributed by atoms with Crippen LogP contribution in [0.2, 0.25) is 0 Å². The minimum atomic E-state index is -5.08. The topological polar surface area (TPSA) is 83.2 Å². The Morgan fingerprint density at radius 2 is 1.78 bits per heavy atom. The minimum absolute atomic E-state index is 0.399. The van der Waals surface area contributed by atoms with E-state index in [1.807, 2.05) is 4.52 Å². The molecular formula is C26H32F3N5O3. The van der Waals surface area contributed by atoms with Crippen molar-refractivity contribution >= 4 is 17.3 Å². The molecule has 0 saturated carbocycles. The van der Waals surface area contributed by atoms with Gasteiger partial charge in [0.25, 0.3) is 0 Å². The zero-order valence-electron chi connectivity index (χ0n) is 21.0. The Balaban J connectivity index is 0.000000405. The third-order valence-electron chi connectivity index (χ3n) is 6.51. The van der Waals surface area contributed by atoms with Crippen molar-refractivity contribution in [1.82, 2.24) is 19.5 Å². The number of alkyl halides is 3. The van der Waals surface area contributed by atoms with E-state index >= 15 is 0 Å². The van der Waals surface area contributed by atoms with Gasteiger partial charge in [-0.15, -0.1) is 0 Å². The van der Waals surface area contributed by atoms with Crippen molar-refractivity contribution in [2.24, 2.45) is 0 Å². The summed E-state index contributed by atoms with van der Waals surface area (Å²) in [6, 6.07) is 11.1. The molecule has 2 aromatic heterocycles. The number of piperidine rings is 1. The summed E-state index contributed by atoms with van der Waals surface area (Å²) < 4.78 is 39.2. The van der Waals surface area contributed by atoms with Gasteiger partial charge in [0, 0.05) is 32.1 Å². The van der Waals surface area contributed by atoms with Crippen molar-refractivity contribution in [3.8, 4) is 0 Å². The number of aromatic nitrogens is 3. The van der Waals surface area contributed by atoms with Crippen LogP contribution in [0.25, 0.3) is 5.65 Å². The quantitative estimate of drug-likeness (QED) is 0.553. The van der Waals surface area contributed by atoms with Crippen molar-refractivity contribution in [3.05, 3.63) is 59.0 Å². The van der Waals surface area contributed by atoms with Crippen LogP contribution in [-0.2, 0) is 16.1 Å². The number of likely N-dealkylation sites (tertiary alicyclic amines) is 1. The van der Waals surface area contributed by atoms with Gasteiger partial charge < -0.3 is 14.7 Å². The van der Waals surface area contributed by atoms with Crippen LogP contribution in [-0.4, -0.2) is 76.1 Å². The van der Waals surface area contributed by atoms with Gasteiger partial charge in [0.2, 0.25) is 0 Å². The number of pyridine rings is 1. The molecule has 4 heterocycles. The zero-order valence-corrected chi connectivity index (χ0v) is 21.0. The maximum absolute atomic E-state index is 10.6. The number of benzene rings is 1. The van der Waals surface area contributed by atoms with E-state index in [2.05, 4.69) is 60.2 Å². The number of ether oxygens (including phenoxy) is 1. The number of nitrogens with zero attached hydrogens (tertiary/aromatic N) is 5. The maximum Gasteiger partial charge on any atom is 0.490 e. The molecule has 200 valence electrons. The Labute approximate surface area is 213 Å². The highest BCUT2D eigenvalue weighted by molar-refractivity contribution is 5.73. The fourth-order valence-corrected chi connectivity index (χ4v) is 4.90. The SMILES string of the molecule is Cc1cc(C)cc(CN2CCCC(c3nc4ccc(N5CCOCC5)cn4n3)C2)c1.O=C(O)C(F)(F)F. The molecule has 2 fully saturated rings. The molecule has 0 spiro atoms. The van der Waals surface area contributed by atoms with Gasteiger partial charge in [-0.3, -0.25) is 4.90 Å². The molecule has 2 aliphatic rings. The summed E-state index contributed by atoms with van der Waals surface area (Å²) in [7, 11) is 0. The average Bonchev–Trinajstić information content (AvgIpc) is 3.27. The molecule has 1 aromatic carbocycles. The summed E-state index contributed by atoms with van der Waals surface area (Å²) in [5, 5.41) is 12.0. The van der Waals surface area contributed by atoms with Crippen LogP contribution in [0.1, 0.15) is 41.3 Å². The first-order chi connectivity index (χ1) is 17.6. The molecule has 5 rings (SSSR count). The maximum atomic E-state index is 10.6. The fraction of sp³-hybridized carbons (Fsp3) is 0.500. The van der Waals surface area contributed by atoms with Gasteiger partial charge in [-0.25, -0.2) is 14.3 Å². The Bertz CT molecular complexity index is 1200. The van der Waals surface area contributed by atoms with Crippen LogP contribution < -0.4 is 4.90 Å². The van der Waals surface area contributed by atoms with E-state index in [1.165, 1.54) is 28.8 Å². The second kappa shape index (κ2) is 11.5. The summed E-state index contributed by atoms with van der Waals surface area (Å²) in [6.07, 6.45) is -0.603. The van der Waals surface area contributed by atoms with Crippen molar-refractivity contribution in [2.45, 2.75) is 45.3 Å². The standard InChI is InChI=1S/C24H31N5O.C2HF3O2/c1-18-12-19(2)14-20(13-18)15-27-7-3-4-21(16-27)24-25-23-6-5-22(17-29(23)26-24)28-8-10-30-11-9-28;3-2(4,5)1(6)7/h5-6,12-14,17,21H,3-4,7-11,15-16H2,1-2H3;(H,6,7). The van der Waals surface area contributed by atoms with Crippen LogP contribution in [0.3, 0.4) is 0 Å². The number of anilines is 1. The van der Waals surface area contributed by atoms with Crippen LogP contribution in [0, 0.1) is 13.8 Å². The number of halogens is 3. The first-order valence-corrected chi connectivity index (χ1v) is 12.4. The van der Waals surface area contributed by atoms with Gasteiger partial charge in [-0.05, 0) is 50.9 Å². The number of carboxylic acids is 1. The lowest BCUT2D eigenvalue weighted by atomic mass is 9.96. The number of rotatable bonds is 4. The molecule has 8 nitrogen and oxygen atoms in total. The molecule has 0 aliphatic carbocycles. The number of aryl methyl sites for hydroxylation is 2. The molecule has 1 unspecified atom stereocenters. The summed E-state index contributed by atoms with van der Waals surface area (Å²) in [6.45, 7) is 11.0. The number of fused-ring (bicyclic) bond motifs is 1. The molecule has 0 bridgehead atoms. The lowest BCUT2D eigenvalue weighted by Crippen LogP contribution is -2.36. The summed E-state index contributed by atoms with van der Waals surface area (Å²) in [5.41, 5.74) is 6.23. The minimum Gasteiger partial charge on any atom is -0.475 e. The van der Waals surface area contributed by atoms with Gasteiger partial charge in [0.15, 0.2) is 11.5 Å². The number of carbonyl (C=O) groups is 1. The Kier molecular flexibility index (Phi) is 8.33. The van der Waals surface area contributed by atoms with Gasteiger partial charge >= 0.3 is 12.1 Å². The highest BCUT2D eigenvalue weighted by Crippen LogP contribution is 2.27. The van der Waals surface area contributed by atoms with Crippen LogP contribution >= 0.6 is 0 Å². The normalized spacial score (nSPS) is 18.9. The first-order valence-electron chi connectivity index (χ1n) is 12.4. The molecule has 0 radical (unpaired) electrons. The largest absolute Gasteiger partial charge is 0.490 e. The predicted octanol–water partition coefficient (Wildman–Crippen LogP) is 4.20. The third-order valence-corrected chi connectivity index (χ3v) is 6.51. The Hall–Kier alpha value is -3.18. The molecule has 3 aromatic rings. The van der Waals surface area contributed by atoms with Crippen molar-refractivity contribution in [1.29, 1.82) is 0 Å². The number of morpholine rings is 1. The monoisotopic (exact) mass is 519 g/mol. The second-order valence-corrected chi connectivity index (χ2v) is 9.63. The number of carboxylic acid groups (broad SMARTS) is 1. The van der Waals surface area contributed by atoms with E-state index in [0.29, 0.717) is 5.92 Å². The Morgan fingerprint density at radius 1 is 1.11 bits per heavy atom. The van der Waals surface area contributed by atoms with Crippen LogP contribution in [0.5, 0.6) is 0 Å². The van der Waals surface area contributed by atoms with E-state index in [9.17, 15) is 13.2 Å². The third kappa shape index (κ3) is 7.20. The fourth-order valence-electron chi connectivity index (χ4n) is 4.90. The first kappa shape index (κ1) is 26.9. The van der Waals surface area contributed by atoms with Crippen LogP contribution in [0.4, 0.5) is 18.9 Å². The van der Waals surface area contributed by atoms with Crippen molar-refractivity contribution in [2.75, 3.05) is 44.3 Å². The lowest BCUT2D eigenvalue weighted by Gasteiger charge is -2.31. The molecular weight excluding hydrogens is 487 g/mol. The summed E-state index contributed by atoms with van der Waals surface area (Å²) in [4.78, 5) is 18.7. The number of aliphatic carboxylic acids is 1. The molecule has 2 saturated heterocycles. The summed E-state index contributed by atoms with van der Waals surface area (Å²) in [5.74, 6) is -1.37. The summed E-state index contributed by atoms with van der Waals surface area (Å²) >= 11 is 0. The molecule has 2 aliphatic heterocycles. The Morgan fingerprint density at radius 3 is 2.43 bits per heavy atom. The van der Waals surface area contributed by atoms with Gasteiger partial charge in [-0.1, -0.05) is 29.3 Å². The predicted molar refractivity (Wildman–Crippen MR) is 133 cm³/mol. The number of hydrogen-bond donors (Lipinski definition) is 1. The molecule has 37 heavy (non-hydrogen) atoms. The molecule has 11 heteroatoms.